The first kappa shape index (κ1) is 16.2. The second-order valence-electron chi connectivity index (χ2n) is 6.19. The molecule has 0 radical (unpaired) electrons. The van der Waals surface area contributed by atoms with Crippen LogP contribution in [-0.2, 0) is 11.2 Å². The summed E-state index contributed by atoms with van der Waals surface area (Å²) in [5.41, 5.74) is 0.122. The van der Waals surface area contributed by atoms with E-state index in [1.165, 1.54) is 0 Å². The molecule has 6 heteroatoms. The average Bonchev–Trinajstić information content (AvgIpc) is 2.62. The molecule has 1 N–H and O–H groups in total. The van der Waals surface area contributed by atoms with Gasteiger partial charge in [-0.1, -0.05) is 12.1 Å². The van der Waals surface area contributed by atoms with Crippen LogP contribution in [0.1, 0.15) is 18.4 Å². The van der Waals surface area contributed by atoms with Crippen molar-refractivity contribution < 1.29 is 14.6 Å². The summed E-state index contributed by atoms with van der Waals surface area (Å²) < 4.78 is 5.25. The number of piperidine rings is 1. The number of benzene rings is 1. The zero-order valence-corrected chi connectivity index (χ0v) is 13.7. The van der Waals surface area contributed by atoms with Gasteiger partial charge in [0.1, 0.15) is 5.75 Å². The van der Waals surface area contributed by atoms with E-state index in [0.29, 0.717) is 25.3 Å². The largest absolute Gasteiger partial charge is 0.497 e. The molecular formula is C18H21N3O3. The number of carboxylic acid groups (broad SMARTS) is 1. The molecule has 2 heterocycles. The van der Waals surface area contributed by atoms with Gasteiger partial charge >= 0.3 is 5.97 Å². The molecule has 0 spiro atoms. The molecule has 1 fully saturated rings. The maximum Gasteiger partial charge on any atom is 0.311 e. The van der Waals surface area contributed by atoms with Crippen molar-refractivity contribution in [1.82, 2.24) is 9.97 Å². The van der Waals surface area contributed by atoms with E-state index < -0.39 is 11.4 Å². The first-order valence-corrected chi connectivity index (χ1v) is 8.01. The minimum absolute atomic E-state index is 0.406. The van der Waals surface area contributed by atoms with Crippen LogP contribution >= 0.6 is 0 Å². The lowest BCUT2D eigenvalue weighted by atomic mass is 9.75. The topological polar surface area (TPSA) is 75.6 Å². The van der Waals surface area contributed by atoms with Crippen molar-refractivity contribution in [1.29, 1.82) is 0 Å². The molecule has 0 amide bonds. The molecule has 24 heavy (non-hydrogen) atoms. The van der Waals surface area contributed by atoms with E-state index in [-0.39, 0.29) is 0 Å². The van der Waals surface area contributed by atoms with Crippen molar-refractivity contribution in [2.75, 3.05) is 25.1 Å². The van der Waals surface area contributed by atoms with Crippen molar-refractivity contribution in [3.63, 3.8) is 0 Å². The van der Waals surface area contributed by atoms with E-state index in [9.17, 15) is 9.90 Å². The summed E-state index contributed by atoms with van der Waals surface area (Å²) in [6.45, 7) is 1.18. The minimum atomic E-state index is -0.843. The molecule has 0 saturated carbocycles. The average molecular weight is 327 g/mol. The van der Waals surface area contributed by atoms with Gasteiger partial charge in [-0.15, -0.1) is 0 Å². The SMILES string of the molecule is COc1cccc(C[C@]2(C(=O)O)CCCN(c3ncccn3)C2)c1. The molecular weight excluding hydrogens is 306 g/mol. The van der Waals surface area contributed by atoms with Gasteiger partial charge in [0.05, 0.1) is 12.5 Å². The van der Waals surface area contributed by atoms with Crippen molar-refractivity contribution in [3.05, 3.63) is 48.3 Å². The lowest BCUT2D eigenvalue weighted by Crippen LogP contribution is -2.49. The lowest BCUT2D eigenvalue weighted by molar-refractivity contribution is -0.149. The zero-order valence-electron chi connectivity index (χ0n) is 13.7. The quantitative estimate of drug-likeness (QED) is 0.909. The molecule has 3 rings (SSSR count). The molecule has 1 atom stereocenters. The number of carboxylic acids is 1. The van der Waals surface area contributed by atoms with E-state index >= 15 is 0 Å². The molecule has 6 nitrogen and oxygen atoms in total. The van der Waals surface area contributed by atoms with Crippen LogP contribution in [0, 0.1) is 5.41 Å². The molecule has 2 aromatic rings. The maximum absolute atomic E-state index is 12.1. The van der Waals surface area contributed by atoms with Gasteiger partial charge in [0.15, 0.2) is 0 Å². The Kier molecular flexibility index (Phi) is 4.64. The number of aromatic nitrogens is 2. The summed E-state index contributed by atoms with van der Waals surface area (Å²) in [7, 11) is 1.61. The van der Waals surface area contributed by atoms with Crippen molar-refractivity contribution in [2.24, 2.45) is 5.41 Å². The van der Waals surface area contributed by atoms with Crippen LogP contribution in [0.25, 0.3) is 0 Å². The van der Waals surface area contributed by atoms with E-state index in [1.807, 2.05) is 29.2 Å². The molecule has 1 aliphatic rings. The number of aliphatic carboxylic acids is 1. The van der Waals surface area contributed by atoms with Gasteiger partial charge in [0.25, 0.3) is 0 Å². The minimum Gasteiger partial charge on any atom is -0.497 e. The predicted octanol–water partition coefficient (Wildman–Crippen LogP) is 2.40. The second kappa shape index (κ2) is 6.86. The number of rotatable bonds is 5. The third-order valence-corrected chi connectivity index (χ3v) is 4.54. The Morgan fingerprint density at radius 1 is 1.33 bits per heavy atom. The summed E-state index contributed by atoms with van der Waals surface area (Å²) in [6.07, 6.45) is 5.27. The number of anilines is 1. The third kappa shape index (κ3) is 3.32. The number of nitrogens with zero attached hydrogens (tertiary/aromatic N) is 3. The lowest BCUT2D eigenvalue weighted by Gasteiger charge is -2.40. The Hall–Kier alpha value is -2.63. The van der Waals surface area contributed by atoms with E-state index in [0.717, 1.165) is 24.3 Å². The Labute approximate surface area is 141 Å². The molecule has 0 aliphatic carbocycles. The standard InChI is InChI=1S/C18H21N3O3/c1-24-15-6-2-5-14(11-15)12-18(16(22)23)7-3-10-21(13-18)17-19-8-4-9-20-17/h2,4-6,8-9,11H,3,7,10,12-13H2,1H3,(H,22,23)/t18-/m1/s1. The summed E-state index contributed by atoms with van der Waals surface area (Å²) in [6, 6.07) is 9.37. The van der Waals surface area contributed by atoms with Crippen LogP contribution in [-0.4, -0.2) is 41.2 Å². The smallest absolute Gasteiger partial charge is 0.311 e. The summed E-state index contributed by atoms with van der Waals surface area (Å²) in [5.74, 6) is 0.562. The zero-order chi connectivity index (χ0) is 17.0. The first-order chi connectivity index (χ1) is 11.6. The van der Waals surface area contributed by atoms with Crippen molar-refractivity contribution >= 4 is 11.9 Å². The summed E-state index contributed by atoms with van der Waals surface area (Å²) in [5, 5.41) is 9.94. The molecule has 1 saturated heterocycles. The Bertz CT molecular complexity index is 708. The van der Waals surface area contributed by atoms with Gasteiger partial charge in [-0.25, -0.2) is 9.97 Å². The van der Waals surface area contributed by atoms with Crippen molar-refractivity contribution in [3.8, 4) is 5.75 Å². The van der Waals surface area contributed by atoms with Gasteiger partial charge in [0.2, 0.25) is 5.95 Å². The first-order valence-electron chi connectivity index (χ1n) is 8.01. The Balaban J connectivity index is 1.86. The fourth-order valence-electron chi connectivity index (χ4n) is 3.32. The highest BCUT2D eigenvalue weighted by molar-refractivity contribution is 5.76. The maximum atomic E-state index is 12.1. The number of hydrogen-bond acceptors (Lipinski definition) is 5. The molecule has 0 bridgehead atoms. The van der Waals surface area contributed by atoms with Crippen LogP contribution in [0.4, 0.5) is 5.95 Å². The molecule has 1 aromatic carbocycles. The molecule has 0 unspecified atom stereocenters. The van der Waals surface area contributed by atoms with Crippen molar-refractivity contribution in [2.45, 2.75) is 19.3 Å². The summed E-state index contributed by atoms with van der Waals surface area (Å²) in [4.78, 5) is 22.6. The van der Waals surface area contributed by atoms with E-state index in [1.54, 1.807) is 25.6 Å². The van der Waals surface area contributed by atoms with Crippen LogP contribution in [0.5, 0.6) is 5.75 Å². The fourth-order valence-corrected chi connectivity index (χ4v) is 3.32. The number of methoxy groups -OCH3 is 1. The highest BCUT2D eigenvalue weighted by Crippen LogP contribution is 2.35. The fraction of sp³-hybridized carbons (Fsp3) is 0.389. The van der Waals surface area contributed by atoms with Crippen LogP contribution < -0.4 is 9.64 Å². The van der Waals surface area contributed by atoms with E-state index in [2.05, 4.69) is 9.97 Å². The normalized spacial score (nSPS) is 20.6. The van der Waals surface area contributed by atoms with Gasteiger partial charge in [0, 0.05) is 25.5 Å². The third-order valence-electron chi connectivity index (χ3n) is 4.54. The number of carbonyl (C=O) groups is 1. The monoisotopic (exact) mass is 327 g/mol. The van der Waals surface area contributed by atoms with Gasteiger partial charge in [-0.2, -0.15) is 0 Å². The van der Waals surface area contributed by atoms with Gasteiger partial charge in [-0.3, -0.25) is 4.79 Å². The van der Waals surface area contributed by atoms with Crippen LogP contribution in [0.2, 0.25) is 0 Å². The number of hydrogen-bond donors (Lipinski definition) is 1. The highest BCUT2D eigenvalue weighted by atomic mass is 16.5. The molecule has 126 valence electrons. The number of ether oxygens (including phenoxy) is 1. The van der Waals surface area contributed by atoms with E-state index in [4.69, 9.17) is 4.74 Å². The Morgan fingerprint density at radius 2 is 2.12 bits per heavy atom. The van der Waals surface area contributed by atoms with Crippen LogP contribution in [0.3, 0.4) is 0 Å². The molecule has 1 aliphatic heterocycles. The summed E-state index contributed by atoms with van der Waals surface area (Å²) >= 11 is 0. The van der Waals surface area contributed by atoms with Crippen LogP contribution in [0.15, 0.2) is 42.7 Å². The predicted molar refractivity (Wildman–Crippen MR) is 90.2 cm³/mol. The molecule has 1 aromatic heterocycles. The highest BCUT2D eigenvalue weighted by Gasteiger charge is 2.43. The Morgan fingerprint density at radius 3 is 2.83 bits per heavy atom. The second-order valence-corrected chi connectivity index (χ2v) is 6.19. The van der Waals surface area contributed by atoms with Gasteiger partial charge < -0.3 is 14.7 Å². The van der Waals surface area contributed by atoms with Gasteiger partial charge in [-0.05, 0) is 43.0 Å².